The first-order valence-corrected chi connectivity index (χ1v) is 10.4. The van der Waals surface area contributed by atoms with E-state index in [9.17, 15) is 23.7 Å². The second-order valence-corrected chi connectivity index (χ2v) is 8.20. The molecule has 2 aromatic carbocycles. The Morgan fingerprint density at radius 3 is 2.36 bits per heavy atom. The second-order valence-electron chi connectivity index (χ2n) is 8.20. The summed E-state index contributed by atoms with van der Waals surface area (Å²) in [6.07, 6.45) is 0.778. The number of carbonyl (C=O) groups excluding carboxylic acids is 1. The average molecular weight is 507 g/mol. The first-order chi connectivity index (χ1) is 16.5. The van der Waals surface area contributed by atoms with Gasteiger partial charge in [0.05, 0.1) is 36.2 Å². The molecule has 3 rings (SSSR count). The molecule has 0 aliphatic rings. The molecule has 0 fully saturated rings. The molecule has 0 bridgehead atoms. The first kappa shape index (κ1) is 28.0. The molecule has 194 valence electrons. The van der Waals surface area contributed by atoms with Crippen LogP contribution in [-0.4, -0.2) is 41.9 Å². The lowest BCUT2D eigenvalue weighted by Crippen LogP contribution is -2.34. The van der Waals surface area contributed by atoms with Crippen LogP contribution in [0.3, 0.4) is 0 Å². The Hall–Kier alpha value is -4.22. The number of pyridine rings is 1. The molecular weight excluding hydrogens is 480 g/mol. The lowest BCUT2D eigenvalue weighted by atomic mass is 10.1. The first-order valence-electron chi connectivity index (χ1n) is 10.4. The van der Waals surface area contributed by atoms with Gasteiger partial charge in [0, 0.05) is 17.6 Å². The van der Waals surface area contributed by atoms with Crippen LogP contribution in [0.2, 0.25) is 0 Å². The van der Waals surface area contributed by atoms with Gasteiger partial charge < -0.3 is 24.3 Å². The van der Waals surface area contributed by atoms with E-state index >= 15 is 0 Å². The number of carbonyl (C=O) groups is 1. The SMILES string of the molecule is C.COc1cc2c(Oc3c(F)cc([N+](=O)[O-])cc3F)ccnc2cc1OCCNC(=O)OC(C)(C)C. The number of nitro benzene ring substituents is 1. The van der Waals surface area contributed by atoms with E-state index in [2.05, 4.69) is 10.3 Å². The lowest BCUT2D eigenvalue weighted by molar-refractivity contribution is -0.385. The fraction of sp³-hybridized carbons (Fsp3) is 0.333. The summed E-state index contributed by atoms with van der Waals surface area (Å²) < 4.78 is 50.2. The van der Waals surface area contributed by atoms with Gasteiger partial charge in [-0.15, -0.1) is 0 Å². The van der Waals surface area contributed by atoms with E-state index in [-0.39, 0.29) is 32.1 Å². The van der Waals surface area contributed by atoms with Crippen molar-refractivity contribution >= 4 is 22.7 Å². The molecule has 0 spiro atoms. The zero-order valence-electron chi connectivity index (χ0n) is 19.4. The third-order valence-corrected chi connectivity index (χ3v) is 4.42. The Balaban J connectivity index is 0.00000456. The third kappa shape index (κ3) is 6.90. The zero-order valence-corrected chi connectivity index (χ0v) is 19.4. The summed E-state index contributed by atoms with van der Waals surface area (Å²) in [4.78, 5) is 25.8. The van der Waals surface area contributed by atoms with Crippen molar-refractivity contribution < 1.29 is 37.4 Å². The average Bonchev–Trinajstić information content (AvgIpc) is 2.77. The number of aromatic nitrogens is 1. The largest absolute Gasteiger partial charge is 0.493 e. The maximum atomic E-state index is 14.3. The lowest BCUT2D eigenvalue weighted by Gasteiger charge is -2.19. The summed E-state index contributed by atoms with van der Waals surface area (Å²) in [6, 6.07) is 5.57. The normalized spacial score (nSPS) is 10.8. The Morgan fingerprint density at radius 1 is 1.11 bits per heavy atom. The van der Waals surface area contributed by atoms with Crippen LogP contribution in [0.4, 0.5) is 19.3 Å². The van der Waals surface area contributed by atoms with Gasteiger partial charge >= 0.3 is 6.09 Å². The molecule has 10 nitrogen and oxygen atoms in total. The summed E-state index contributed by atoms with van der Waals surface area (Å²) in [6.45, 7) is 5.50. The number of ether oxygens (including phenoxy) is 4. The van der Waals surface area contributed by atoms with Gasteiger partial charge in [-0.25, -0.2) is 13.6 Å². The summed E-state index contributed by atoms with van der Waals surface area (Å²) in [7, 11) is 1.40. The highest BCUT2D eigenvalue weighted by Crippen LogP contribution is 2.38. The Morgan fingerprint density at radius 2 is 1.78 bits per heavy atom. The number of rotatable bonds is 8. The highest BCUT2D eigenvalue weighted by atomic mass is 19.1. The van der Waals surface area contributed by atoms with Gasteiger partial charge in [0.2, 0.25) is 0 Å². The number of nitrogens with one attached hydrogen (secondary N) is 1. The Labute approximate surface area is 206 Å². The molecule has 0 saturated heterocycles. The van der Waals surface area contributed by atoms with Gasteiger partial charge in [-0.2, -0.15) is 0 Å². The van der Waals surface area contributed by atoms with Crippen LogP contribution in [0, 0.1) is 21.7 Å². The van der Waals surface area contributed by atoms with Gasteiger partial charge in [0.15, 0.2) is 28.9 Å². The van der Waals surface area contributed by atoms with E-state index in [1.54, 1.807) is 20.8 Å². The molecule has 36 heavy (non-hydrogen) atoms. The predicted molar refractivity (Wildman–Crippen MR) is 128 cm³/mol. The zero-order chi connectivity index (χ0) is 25.8. The van der Waals surface area contributed by atoms with Crippen LogP contribution in [0.1, 0.15) is 28.2 Å². The number of nitro groups is 1. The van der Waals surface area contributed by atoms with Gasteiger partial charge in [0.1, 0.15) is 18.0 Å². The molecule has 1 aromatic heterocycles. The van der Waals surface area contributed by atoms with E-state index in [1.807, 2.05) is 0 Å². The van der Waals surface area contributed by atoms with Gasteiger partial charge in [-0.1, -0.05) is 7.43 Å². The summed E-state index contributed by atoms with van der Waals surface area (Å²) >= 11 is 0. The third-order valence-electron chi connectivity index (χ3n) is 4.42. The fourth-order valence-electron chi connectivity index (χ4n) is 2.98. The van der Waals surface area contributed by atoms with Crippen LogP contribution in [0.15, 0.2) is 36.5 Å². The fourth-order valence-corrected chi connectivity index (χ4v) is 2.98. The number of hydrogen-bond donors (Lipinski definition) is 1. The van der Waals surface area contributed by atoms with E-state index in [1.165, 1.54) is 31.5 Å². The van der Waals surface area contributed by atoms with Gasteiger partial charge in [-0.05, 0) is 32.9 Å². The summed E-state index contributed by atoms with van der Waals surface area (Å²) in [5.41, 5.74) is -1.00. The van der Waals surface area contributed by atoms with Crippen LogP contribution < -0.4 is 19.5 Å². The number of benzene rings is 2. The molecular formula is C24H27F2N3O7. The molecule has 0 atom stereocenters. The van der Waals surface area contributed by atoms with Crippen molar-refractivity contribution in [1.29, 1.82) is 0 Å². The van der Waals surface area contributed by atoms with Crippen molar-refractivity contribution in [3.8, 4) is 23.0 Å². The highest BCUT2D eigenvalue weighted by Gasteiger charge is 2.21. The quantitative estimate of drug-likeness (QED) is 0.232. The molecule has 1 heterocycles. The van der Waals surface area contributed by atoms with Crippen LogP contribution in [0.5, 0.6) is 23.0 Å². The number of nitrogens with zero attached hydrogens (tertiary/aromatic N) is 2. The van der Waals surface area contributed by atoms with Crippen molar-refractivity contribution in [2.75, 3.05) is 20.3 Å². The second kappa shape index (κ2) is 11.5. The van der Waals surface area contributed by atoms with E-state index in [0.29, 0.717) is 28.8 Å². The molecule has 0 aliphatic carbocycles. The Bertz CT molecular complexity index is 1240. The van der Waals surface area contributed by atoms with Crippen molar-refractivity contribution in [3.05, 3.63) is 58.3 Å². The topological polar surface area (TPSA) is 122 Å². The molecule has 1 N–H and O–H groups in total. The van der Waals surface area contributed by atoms with Crippen LogP contribution >= 0.6 is 0 Å². The van der Waals surface area contributed by atoms with Crippen LogP contribution in [0.25, 0.3) is 10.9 Å². The monoisotopic (exact) mass is 507 g/mol. The van der Waals surface area contributed by atoms with Gasteiger partial charge in [-0.3, -0.25) is 15.1 Å². The van der Waals surface area contributed by atoms with Crippen molar-refractivity contribution in [3.63, 3.8) is 0 Å². The minimum absolute atomic E-state index is 0. The number of non-ortho nitro benzene ring substituents is 1. The van der Waals surface area contributed by atoms with Crippen molar-refractivity contribution in [2.24, 2.45) is 0 Å². The molecule has 3 aromatic rings. The number of hydrogen-bond acceptors (Lipinski definition) is 8. The number of methoxy groups -OCH3 is 1. The number of alkyl carbamates (subject to hydrolysis) is 1. The standard InChI is InChI=1S/C23H23F2N3O7.CH4/c1-23(2,3)35-22(29)27-7-8-33-20-12-17-14(11-19(20)32-4)18(5-6-26-17)34-21-15(24)9-13(28(30)31)10-16(21)25;/h5-6,9-12H,7-8H2,1-4H3,(H,27,29);1H4. The highest BCUT2D eigenvalue weighted by molar-refractivity contribution is 5.88. The molecule has 0 saturated carbocycles. The van der Waals surface area contributed by atoms with Crippen molar-refractivity contribution in [1.82, 2.24) is 10.3 Å². The molecule has 0 unspecified atom stereocenters. The van der Waals surface area contributed by atoms with Crippen molar-refractivity contribution in [2.45, 2.75) is 33.8 Å². The molecule has 1 amide bonds. The molecule has 0 radical (unpaired) electrons. The van der Waals surface area contributed by atoms with E-state index in [4.69, 9.17) is 18.9 Å². The van der Waals surface area contributed by atoms with E-state index < -0.39 is 39.7 Å². The van der Waals surface area contributed by atoms with Crippen LogP contribution in [-0.2, 0) is 4.74 Å². The maximum Gasteiger partial charge on any atom is 0.407 e. The maximum absolute atomic E-state index is 14.3. The minimum Gasteiger partial charge on any atom is -0.493 e. The number of halogens is 2. The van der Waals surface area contributed by atoms with E-state index in [0.717, 1.165) is 0 Å². The number of fused-ring (bicyclic) bond motifs is 1. The summed E-state index contributed by atoms with van der Waals surface area (Å²) in [5.74, 6) is -2.63. The predicted octanol–water partition coefficient (Wildman–Crippen LogP) is 5.76. The minimum atomic E-state index is -1.23. The summed E-state index contributed by atoms with van der Waals surface area (Å²) in [5, 5.41) is 13.7. The van der Waals surface area contributed by atoms with Gasteiger partial charge in [0.25, 0.3) is 5.69 Å². The molecule has 12 heteroatoms. The molecule has 0 aliphatic heterocycles. The smallest absolute Gasteiger partial charge is 0.407 e. The number of amides is 1. The Kier molecular flexibility index (Phi) is 8.93.